The Balaban J connectivity index is 1.32. The molecule has 2 fully saturated rings. The van der Waals surface area contributed by atoms with Crippen LogP contribution >= 0.6 is 0 Å². The maximum absolute atomic E-state index is 5.70. The molecule has 0 saturated carbocycles. The van der Waals surface area contributed by atoms with Crippen LogP contribution in [0.15, 0.2) is 41.6 Å². The first-order chi connectivity index (χ1) is 14.3. The van der Waals surface area contributed by atoms with Crippen molar-refractivity contribution in [3.8, 4) is 22.6 Å². The third-order valence-electron chi connectivity index (χ3n) is 6.06. The monoisotopic (exact) mass is 391 g/mol. The highest BCUT2D eigenvalue weighted by atomic mass is 16.5. The van der Waals surface area contributed by atoms with Crippen LogP contribution in [-0.2, 0) is 0 Å². The summed E-state index contributed by atoms with van der Waals surface area (Å²) in [6, 6.07) is 4.75. The molecule has 0 spiro atoms. The average molecular weight is 391 g/mol. The Labute approximate surface area is 170 Å². The molecule has 3 aromatic heterocycles. The summed E-state index contributed by atoms with van der Waals surface area (Å²) in [7, 11) is 2.20. The Morgan fingerprint density at radius 3 is 2.55 bits per heavy atom. The fourth-order valence-corrected chi connectivity index (χ4v) is 4.43. The van der Waals surface area contributed by atoms with E-state index in [2.05, 4.69) is 37.0 Å². The zero-order chi connectivity index (χ0) is 19.6. The number of nitrogens with zero attached hydrogens (tertiary/aromatic N) is 7. The zero-order valence-electron chi connectivity index (χ0n) is 16.6. The molecule has 0 N–H and O–H groups in total. The van der Waals surface area contributed by atoms with Gasteiger partial charge in [0.15, 0.2) is 0 Å². The summed E-state index contributed by atoms with van der Waals surface area (Å²) in [6.45, 7) is 3.44. The van der Waals surface area contributed by atoms with Crippen molar-refractivity contribution in [3.63, 3.8) is 0 Å². The smallest absolute Gasteiger partial charge is 0.244 e. The lowest BCUT2D eigenvalue weighted by Crippen LogP contribution is -2.43. The van der Waals surface area contributed by atoms with E-state index < -0.39 is 0 Å². The van der Waals surface area contributed by atoms with Crippen molar-refractivity contribution in [1.29, 1.82) is 0 Å². The molecule has 3 aromatic rings. The van der Waals surface area contributed by atoms with Crippen LogP contribution in [0.2, 0.25) is 0 Å². The number of hydrogen-bond acceptors (Lipinski definition) is 8. The van der Waals surface area contributed by atoms with Crippen LogP contribution in [0.1, 0.15) is 37.6 Å². The number of likely N-dealkylation sites (tertiary alicyclic amines) is 2. The lowest BCUT2D eigenvalue weighted by molar-refractivity contribution is 0.0958. The minimum atomic E-state index is 0.235. The fourth-order valence-electron chi connectivity index (χ4n) is 4.43. The lowest BCUT2D eigenvalue weighted by Gasteiger charge is -2.37. The van der Waals surface area contributed by atoms with Gasteiger partial charge in [0, 0.05) is 35.8 Å². The van der Waals surface area contributed by atoms with Crippen LogP contribution in [0.25, 0.3) is 22.6 Å². The zero-order valence-corrected chi connectivity index (χ0v) is 16.6. The van der Waals surface area contributed by atoms with Gasteiger partial charge >= 0.3 is 0 Å². The molecule has 0 amide bonds. The number of rotatable bonds is 4. The van der Waals surface area contributed by atoms with E-state index in [9.17, 15) is 0 Å². The van der Waals surface area contributed by atoms with Gasteiger partial charge in [0.1, 0.15) is 6.33 Å². The first kappa shape index (κ1) is 18.3. The van der Waals surface area contributed by atoms with Gasteiger partial charge in [-0.25, -0.2) is 9.97 Å². The SMILES string of the molecule is CN1CCC(N2CCC[C@H]2c2nc(-c3ccc(-c4cncnc4)nc3)no2)CC1. The second-order valence-electron chi connectivity index (χ2n) is 7.95. The van der Waals surface area contributed by atoms with Gasteiger partial charge in [-0.3, -0.25) is 9.88 Å². The molecule has 2 aliphatic rings. The number of aromatic nitrogens is 5. The van der Waals surface area contributed by atoms with Crippen molar-refractivity contribution in [1.82, 2.24) is 34.9 Å². The molecular formula is C21H25N7O. The summed E-state index contributed by atoms with van der Waals surface area (Å²) >= 11 is 0. The van der Waals surface area contributed by atoms with Crippen molar-refractivity contribution >= 4 is 0 Å². The van der Waals surface area contributed by atoms with E-state index in [4.69, 9.17) is 9.51 Å². The van der Waals surface area contributed by atoms with Gasteiger partial charge in [-0.2, -0.15) is 4.98 Å². The lowest BCUT2D eigenvalue weighted by atomic mass is 10.0. The van der Waals surface area contributed by atoms with Crippen molar-refractivity contribution in [2.24, 2.45) is 0 Å². The minimum Gasteiger partial charge on any atom is -0.337 e. The van der Waals surface area contributed by atoms with Crippen LogP contribution < -0.4 is 0 Å². The van der Waals surface area contributed by atoms with Crippen LogP contribution in [-0.4, -0.2) is 67.6 Å². The predicted octanol–water partition coefficient (Wildman–Crippen LogP) is 2.82. The minimum absolute atomic E-state index is 0.235. The molecule has 8 heteroatoms. The molecule has 0 unspecified atom stereocenters. The van der Waals surface area contributed by atoms with Crippen LogP contribution in [0.3, 0.4) is 0 Å². The summed E-state index contributed by atoms with van der Waals surface area (Å²) in [4.78, 5) is 22.3. The summed E-state index contributed by atoms with van der Waals surface area (Å²) in [5.74, 6) is 1.33. The molecule has 0 aliphatic carbocycles. The highest BCUT2D eigenvalue weighted by Crippen LogP contribution is 2.36. The van der Waals surface area contributed by atoms with Crippen molar-refractivity contribution in [3.05, 3.63) is 42.9 Å². The average Bonchev–Trinajstić information content (AvgIpc) is 3.45. The molecule has 0 bridgehead atoms. The van der Waals surface area contributed by atoms with E-state index in [1.54, 1.807) is 18.6 Å². The van der Waals surface area contributed by atoms with Gasteiger partial charge in [0.2, 0.25) is 11.7 Å². The van der Waals surface area contributed by atoms with E-state index >= 15 is 0 Å². The third-order valence-corrected chi connectivity index (χ3v) is 6.06. The van der Waals surface area contributed by atoms with Crippen LogP contribution in [0.4, 0.5) is 0 Å². The molecule has 2 aliphatic heterocycles. The Morgan fingerprint density at radius 1 is 0.966 bits per heavy atom. The highest BCUT2D eigenvalue weighted by molar-refractivity contribution is 5.61. The van der Waals surface area contributed by atoms with E-state index in [1.807, 2.05) is 12.1 Å². The van der Waals surface area contributed by atoms with Gasteiger partial charge in [0.05, 0.1) is 11.7 Å². The van der Waals surface area contributed by atoms with Crippen molar-refractivity contribution < 1.29 is 4.52 Å². The summed E-state index contributed by atoms with van der Waals surface area (Å²) < 4.78 is 5.70. The Bertz CT molecular complexity index is 935. The normalized spacial score (nSPS) is 21.6. The molecule has 0 aromatic carbocycles. The molecule has 0 radical (unpaired) electrons. The van der Waals surface area contributed by atoms with E-state index in [0.29, 0.717) is 11.9 Å². The molecule has 2 saturated heterocycles. The Morgan fingerprint density at radius 2 is 1.79 bits per heavy atom. The van der Waals surface area contributed by atoms with Crippen LogP contribution in [0, 0.1) is 0 Å². The van der Waals surface area contributed by atoms with Crippen molar-refractivity contribution in [2.45, 2.75) is 37.8 Å². The first-order valence-corrected chi connectivity index (χ1v) is 10.3. The fraction of sp³-hybridized carbons (Fsp3) is 0.476. The van der Waals surface area contributed by atoms with E-state index in [-0.39, 0.29) is 6.04 Å². The second kappa shape index (κ2) is 7.96. The largest absolute Gasteiger partial charge is 0.337 e. The highest BCUT2D eigenvalue weighted by Gasteiger charge is 2.36. The molecule has 29 heavy (non-hydrogen) atoms. The third kappa shape index (κ3) is 3.77. The predicted molar refractivity (Wildman–Crippen MR) is 108 cm³/mol. The summed E-state index contributed by atoms with van der Waals surface area (Å²) in [5.41, 5.74) is 2.55. The molecule has 5 heterocycles. The molecule has 1 atom stereocenters. The van der Waals surface area contributed by atoms with E-state index in [1.165, 1.54) is 25.6 Å². The maximum Gasteiger partial charge on any atom is 0.244 e. The Hall–Kier alpha value is -2.71. The quantitative estimate of drug-likeness (QED) is 0.671. The van der Waals surface area contributed by atoms with Gasteiger partial charge in [-0.05, 0) is 64.5 Å². The number of hydrogen-bond donors (Lipinski definition) is 0. The number of pyridine rings is 1. The molecule has 8 nitrogen and oxygen atoms in total. The molecule has 5 rings (SSSR count). The maximum atomic E-state index is 5.70. The Kier molecular flexibility index (Phi) is 5.03. The van der Waals surface area contributed by atoms with Gasteiger partial charge in [-0.15, -0.1) is 0 Å². The summed E-state index contributed by atoms with van der Waals surface area (Å²) in [5, 5.41) is 4.24. The number of piperidine rings is 1. The van der Waals surface area contributed by atoms with Gasteiger partial charge in [-0.1, -0.05) is 5.16 Å². The molecular weight excluding hydrogens is 366 g/mol. The molecule has 150 valence electrons. The van der Waals surface area contributed by atoms with Gasteiger partial charge in [0.25, 0.3) is 0 Å². The van der Waals surface area contributed by atoms with E-state index in [0.717, 1.165) is 48.8 Å². The van der Waals surface area contributed by atoms with Crippen molar-refractivity contribution in [2.75, 3.05) is 26.7 Å². The summed E-state index contributed by atoms with van der Waals surface area (Å²) in [6.07, 6.45) is 11.5. The topological polar surface area (TPSA) is 84.1 Å². The standard InChI is InChI=1S/C21H25N7O/c1-27-9-6-17(7-10-27)28-8-2-3-19(28)21-25-20(26-29-21)15-4-5-18(24-13-15)16-11-22-14-23-12-16/h4-5,11-14,17,19H,2-3,6-10H2,1H3/t19-/m0/s1. The van der Waals surface area contributed by atoms with Crippen LogP contribution in [0.5, 0.6) is 0 Å². The first-order valence-electron chi connectivity index (χ1n) is 10.3. The van der Waals surface area contributed by atoms with Gasteiger partial charge < -0.3 is 9.42 Å². The second-order valence-corrected chi connectivity index (χ2v) is 7.95.